The molecule has 0 amide bonds. The van der Waals surface area contributed by atoms with Gasteiger partial charge in [0.25, 0.3) is 0 Å². The second-order valence-corrected chi connectivity index (χ2v) is 5.65. The van der Waals surface area contributed by atoms with E-state index in [0.29, 0.717) is 5.96 Å². The van der Waals surface area contributed by atoms with Crippen LogP contribution in [0.5, 0.6) is 5.75 Å². The predicted octanol–water partition coefficient (Wildman–Crippen LogP) is 2.95. The fourth-order valence-corrected chi connectivity index (χ4v) is 2.57. The number of hydroxylamine groups is 1. The number of para-hydroxylation sites is 1. The molecule has 1 aromatic carbocycles. The van der Waals surface area contributed by atoms with Gasteiger partial charge in [-0.05, 0) is 19.1 Å². The zero-order chi connectivity index (χ0) is 15.6. The van der Waals surface area contributed by atoms with Crippen molar-refractivity contribution in [2.75, 3.05) is 19.3 Å². The third kappa shape index (κ3) is 7.81. The standard InChI is InChI=1S/C15H21N5OS.2ClH/c1-12-14(19-11-18-12)10-22-9-8-17-15(16-2)20-21-13-6-4-3-5-7-13;;/h3-7,11H,8-10H2,1-2H3,(H,18,19)(H2,16,17,20);2*1H. The number of aromatic amines is 1. The first-order valence-electron chi connectivity index (χ1n) is 7.04. The Morgan fingerprint density at radius 3 is 2.67 bits per heavy atom. The second kappa shape index (κ2) is 12.8. The summed E-state index contributed by atoms with van der Waals surface area (Å²) in [5, 5.41) is 3.20. The van der Waals surface area contributed by atoms with Crippen LogP contribution >= 0.6 is 36.6 Å². The lowest BCUT2D eigenvalue weighted by Crippen LogP contribution is -2.40. The van der Waals surface area contributed by atoms with Gasteiger partial charge in [-0.1, -0.05) is 18.2 Å². The lowest BCUT2D eigenvalue weighted by atomic mass is 10.3. The Balaban J connectivity index is 0.00000264. The molecule has 0 saturated heterocycles. The first-order chi connectivity index (χ1) is 10.8. The average Bonchev–Trinajstić information content (AvgIpc) is 2.96. The van der Waals surface area contributed by atoms with Gasteiger partial charge in [-0.25, -0.2) is 4.98 Å². The monoisotopic (exact) mass is 391 g/mol. The number of aryl methyl sites for hydroxylation is 1. The van der Waals surface area contributed by atoms with E-state index in [4.69, 9.17) is 4.84 Å². The molecule has 0 bridgehead atoms. The topological polar surface area (TPSA) is 74.3 Å². The van der Waals surface area contributed by atoms with E-state index in [1.54, 1.807) is 13.4 Å². The Labute approximate surface area is 159 Å². The van der Waals surface area contributed by atoms with Gasteiger partial charge in [0, 0.05) is 30.8 Å². The molecule has 0 fully saturated rings. The van der Waals surface area contributed by atoms with Gasteiger partial charge in [-0.15, -0.1) is 24.8 Å². The van der Waals surface area contributed by atoms with Crippen LogP contribution in [0.3, 0.4) is 0 Å². The SMILES string of the molecule is CN=C(NCCSCc1nc[nH]c1C)NOc1ccccc1.Cl.Cl. The molecule has 3 N–H and O–H groups in total. The summed E-state index contributed by atoms with van der Waals surface area (Å²) in [4.78, 5) is 16.9. The molecule has 6 nitrogen and oxygen atoms in total. The normalized spacial score (nSPS) is 10.3. The summed E-state index contributed by atoms with van der Waals surface area (Å²) in [5.74, 6) is 3.22. The second-order valence-electron chi connectivity index (χ2n) is 4.54. The van der Waals surface area contributed by atoms with Crippen LogP contribution in [-0.4, -0.2) is 35.3 Å². The average molecular weight is 392 g/mol. The number of hydrogen-bond donors (Lipinski definition) is 3. The van der Waals surface area contributed by atoms with Crippen molar-refractivity contribution in [3.05, 3.63) is 48.0 Å². The Morgan fingerprint density at radius 2 is 2.04 bits per heavy atom. The first kappa shape index (κ1) is 22.4. The van der Waals surface area contributed by atoms with Crippen LogP contribution in [0.4, 0.5) is 0 Å². The molecule has 0 unspecified atom stereocenters. The van der Waals surface area contributed by atoms with Crippen molar-refractivity contribution >= 4 is 42.5 Å². The number of aliphatic imine (C=N–C) groups is 1. The lowest BCUT2D eigenvalue weighted by Gasteiger charge is -2.12. The van der Waals surface area contributed by atoms with Crippen LogP contribution in [-0.2, 0) is 5.75 Å². The molecule has 1 heterocycles. The van der Waals surface area contributed by atoms with Crippen molar-refractivity contribution in [1.29, 1.82) is 0 Å². The fourth-order valence-electron chi connectivity index (χ4n) is 1.70. The Bertz CT molecular complexity index is 595. The molecule has 0 saturated carbocycles. The molecule has 24 heavy (non-hydrogen) atoms. The molecule has 1 aromatic heterocycles. The highest BCUT2D eigenvalue weighted by atomic mass is 35.5. The molecule has 134 valence electrons. The van der Waals surface area contributed by atoms with Crippen molar-refractivity contribution in [2.45, 2.75) is 12.7 Å². The Hall–Kier alpha value is -1.57. The molecule has 9 heteroatoms. The number of aromatic nitrogens is 2. The van der Waals surface area contributed by atoms with Gasteiger partial charge in [0.1, 0.15) is 0 Å². The lowest BCUT2D eigenvalue weighted by molar-refractivity contribution is 0.257. The molecule has 0 radical (unpaired) electrons. The molecule has 0 aliphatic carbocycles. The molecule has 2 aromatic rings. The van der Waals surface area contributed by atoms with Crippen LogP contribution in [0.1, 0.15) is 11.4 Å². The van der Waals surface area contributed by atoms with Crippen molar-refractivity contribution in [3.63, 3.8) is 0 Å². The van der Waals surface area contributed by atoms with E-state index in [0.717, 1.165) is 35.2 Å². The van der Waals surface area contributed by atoms with Gasteiger partial charge < -0.3 is 15.1 Å². The van der Waals surface area contributed by atoms with E-state index in [2.05, 4.69) is 25.8 Å². The number of guanidine groups is 1. The summed E-state index contributed by atoms with van der Waals surface area (Å²) < 4.78 is 0. The van der Waals surface area contributed by atoms with E-state index in [1.807, 2.05) is 49.0 Å². The van der Waals surface area contributed by atoms with Crippen molar-refractivity contribution < 1.29 is 4.84 Å². The minimum atomic E-state index is 0. The highest BCUT2D eigenvalue weighted by Crippen LogP contribution is 2.11. The number of benzene rings is 1. The predicted molar refractivity (Wildman–Crippen MR) is 106 cm³/mol. The van der Waals surface area contributed by atoms with Crippen molar-refractivity contribution in [2.24, 2.45) is 4.99 Å². The molecule has 0 aliphatic heterocycles. The maximum atomic E-state index is 5.43. The van der Waals surface area contributed by atoms with E-state index < -0.39 is 0 Å². The van der Waals surface area contributed by atoms with Gasteiger partial charge in [-0.3, -0.25) is 4.99 Å². The van der Waals surface area contributed by atoms with Gasteiger partial charge in [0.2, 0.25) is 5.96 Å². The van der Waals surface area contributed by atoms with Crippen LogP contribution in [0.15, 0.2) is 41.7 Å². The number of H-pyrrole nitrogens is 1. The number of thioether (sulfide) groups is 1. The van der Waals surface area contributed by atoms with E-state index in [-0.39, 0.29) is 24.8 Å². The van der Waals surface area contributed by atoms with Crippen molar-refractivity contribution in [1.82, 2.24) is 20.8 Å². The molecule has 2 rings (SSSR count). The van der Waals surface area contributed by atoms with Gasteiger partial charge in [0.15, 0.2) is 5.75 Å². The number of nitrogens with zero attached hydrogens (tertiary/aromatic N) is 2. The minimum Gasteiger partial charge on any atom is -0.379 e. The highest BCUT2D eigenvalue weighted by Gasteiger charge is 2.01. The van der Waals surface area contributed by atoms with E-state index >= 15 is 0 Å². The Kier molecular flexibility index (Phi) is 12.0. The maximum Gasteiger partial charge on any atom is 0.224 e. The third-order valence-electron chi connectivity index (χ3n) is 2.94. The number of hydrogen-bond acceptors (Lipinski definition) is 4. The number of imidazole rings is 1. The molecular weight excluding hydrogens is 369 g/mol. The van der Waals surface area contributed by atoms with Crippen LogP contribution in [0.2, 0.25) is 0 Å². The van der Waals surface area contributed by atoms with Gasteiger partial charge in [-0.2, -0.15) is 17.2 Å². The highest BCUT2D eigenvalue weighted by molar-refractivity contribution is 7.98. The van der Waals surface area contributed by atoms with E-state index in [1.165, 1.54) is 0 Å². The molecule has 0 atom stereocenters. The molecule has 0 spiro atoms. The van der Waals surface area contributed by atoms with Gasteiger partial charge >= 0.3 is 0 Å². The quantitative estimate of drug-likeness (QED) is 0.292. The van der Waals surface area contributed by atoms with E-state index in [9.17, 15) is 0 Å². The van der Waals surface area contributed by atoms with Crippen LogP contribution < -0.4 is 15.6 Å². The Morgan fingerprint density at radius 1 is 1.29 bits per heavy atom. The summed E-state index contributed by atoms with van der Waals surface area (Å²) in [6, 6.07) is 9.53. The smallest absolute Gasteiger partial charge is 0.224 e. The van der Waals surface area contributed by atoms with Crippen LogP contribution in [0, 0.1) is 6.92 Å². The fraction of sp³-hybridized carbons (Fsp3) is 0.333. The zero-order valence-corrected chi connectivity index (χ0v) is 16.1. The van der Waals surface area contributed by atoms with Crippen LogP contribution in [0.25, 0.3) is 0 Å². The summed E-state index contributed by atoms with van der Waals surface area (Å²) >= 11 is 1.82. The van der Waals surface area contributed by atoms with Gasteiger partial charge in [0.05, 0.1) is 12.0 Å². The maximum absolute atomic E-state index is 5.43. The number of halogens is 2. The summed E-state index contributed by atoms with van der Waals surface area (Å²) in [5.41, 5.74) is 5.06. The minimum absolute atomic E-state index is 0. The first-order valence-corrected chi connectivity index (χ1v) is 8.20. The largest absolute Gasteiger partial charge is 0.379 e. The summed E-state index contributed by atoms with van der Waals surface area (Å²) in [6.45, 7) is 2.83. The third-order valence-corrected chi connectivity index (χ3v) is 3.91. The summed E-state index contributed by atoms with van der Waals surface area (Å²) in [6.07, 6.45) is 1.73. The molecule has 0 aliphatic rings. The number of rotatable bonds is 7. The summed E-state index contributed by atoms with van der Waals surface area (Å²) in [7, 11) is 1.71. The number of nitrogens with one attached hydrogen (secondary N) is 3. The molecular formula is C15H23Cl2N5OS. The van der Waals surface area contributed by atoms with Crippen molar-refractivity contribution in [3.8, 4) is 5.75 Å². The zero-order valence-electron chi connectivity index (χ0n) is 13.6.